The molecule has 0 atom stereocenters. The fourth-order valence-corrected chi connectivity index (χ4v) is 0.762. The Morgan fingerprint density at radius 2 is 1.91 bits per heavy atom. The quantitative estimate of drug-likeness (QED) is 0.454. The fourth-order valence-electron chi connectivity index (χ4n) is 0.762. The molecular weight excluding hydrogens is 165 g/mol. The summed E-state index contributed by atoms with van der Waals surface area (Å²) in [5.41, 5.74) is 0.951. The van der Waals surface area contributed by atoms with Crippen molar-refractivity contribution in [3.63, 3.8) is 0 Å². The Bertz CT molecular complexity index is 225. The molecule has 0 spiro atoms. The van der Waals surface area contributed by atoms with Crippen molar-refractivity contribution in [2.24, 2.45) is 0 Å². The molecule has 54 valence electrons. The second-order valence-electron chi connectivity index (χ2n) is 2.39. The van der Waals surface area contributed by atoms with Gasteiger partial charge in [-0.2, -0.15) is 0 Å². The molecule has 3 heteroatoms. The van der Waals surface area contributed by atoms with Gasteiger partial charge >= 0.3 is 51.4 Å². The first kappa shape index (κ1) is 11.5. The Kier molecular flexibility index (Phi) is 5.38. The Labute approximate surface area is 110 Å². The van der Waals surface area contributed by atoms with E-state index in [1.807, 2.05) is 25.1 Å². The maximum atomic E-state index is 10.8. The van der Waals surface area contributed by atoms with Crippen LogP contribution in [0, 0.1) is 0 Å². The summed E-state index contributed by atoms with van der Waals surface area (Å²) in [7, 11) is 3.82. The molecular formula is C8H10KNO. The van der Waals surface area contributed by atoms with Gasteiger partial charge in [0.05, 0.1) is 0 Å². The average molecular weight is 175 g/mol. The van der Waals surface area contributed by atoms with Gasteiger partial charge in [0, 0.05) is 19.8 Å². The molecule has 0 amide bonds. The summed E-state index contributed by atoms with van der Waals surface area (Å²) in [4.78, 5) is 1.90. The Morgan fingerprint density at radius 3 is 2.27 bits per heavy atom. The molecule has 0 aliphatic heterocycles. The molecule has 0 saturated heterocycles. The van der Waals surface area contributed by atoms with Crippen molar-refractivity contribution in [2.45, 2.75) is 0 Å². The minimum absolute atomic E-state index is 0. The molecule has 0 aliphatic rings. The topological polar surface area (TPSA) is 26.3 Å². The van der Waals surface area contributed by atoms with Crippen LogP contribution < -0.4 is 61.4 Å². The molecule has 2 nitrogen and oxygen atoms in total. The van der Waals surface area contributed by atoms with E-state index in [0.29, 0.717) is 0 Å². The number of rotatable bonds is 1. The van der Waals surface area contributed by atoms with Crippen LogP contribution in [0.1, 0.15) is 0 Å². The molecule has 0 aromatic heterocycles. The van der Waals surface area contributed by atoms with Crippen LogP contribution in [0.3, 0.4) is 0 Å². The van der Waals surface area contributed by atoms with Crippen LogP contribution in [0.15, 0.2) is 24.3 Å². The zero-order valence-corrected chi connectivity index (χ0v) is 10.3. The molecule has 0 heterocycles. The van der Waals surface area contributed by atoms with Gasteiger partial charge in [-0.25, -0.2) is 0 Å². The maximum Gasteiger partial charge on any atom is 1.00 e. The summed E-state index contributed by atoms with van der Waals surface area (Å²) < 4.78 is 0. The summed E-state index contributed by atoms with van der Waals surface area (Å²) >= 11 is 0. The van der Waals surface area contributed by atoms with Gasteiger partial charge in [0.1, 0.15) is 0 Å². The molecule has 1 rings (SSSR count). The molecule has 0 bridgehead atoms. The van der Waals surface area contributed by atoms with Gasteiger partial charge in [-0.3, -0.25) is 0 Å². The molecule has 0 saturated carbocycles. The predicted molar refractivity (Wildman–Crippen MR) is 40.2 cm³/mol. The van der Waals surface area contributed by atoms with Crippen molar-refractivity contribution in [1.29, 1.82) is 0 Å². The van der Waals surface area contributed by atoms with Crippen LogP contribution in [0.2, 0.25) is 0 Å². The number of benzene rings is 1. The smallest absolute Gasteiger partial charge is 0.872 e. The largest absolute Gasteiger partial charge is 1.00 e. The third-order valence-electron chi connectivity index (χ3n) is 1.33. The zero-order valence-electron chi connectivity index (χ0n) is 7.16. The van der Waals surface area contributed by atoms with Crippen molar-refractivity contribution in [3.05, 3.63) is 24.3 Å². The van der Waals surface area contributed by atoms with Crippen LogP contribution in [-0.4, -0.2) is 14.1 Å². The first-order chi connectivity index (χ1) is 4.70. The van der Waals surface area contributed by atoms with E-state index in [0.717, 1.165) is 5.69 Å². The molecule has 0 fully saturated rings. The summed E-state index contributed by atoms with van der Waals surface area (Å²) in [6, 6.07) is 6.83. The van der Waals surface area contributed by atoms with Gasteiger partial charge in [-0.15, -0.1) is 5.75 Å². The Balaban J connectivity index is 0.000001000. The average Bonchev–Trinajstić information content (AvgIpc) is 1.88. The van der Waals surface area contributed by atoms with Gasteiger partial charge in [0.25, 0.3) is 0 Å². The second kappa shape index (κ2) is 5.16. The molecule has 11 heavy (non-hydrogen) atoms. The number of anilines is 1. The molecule has 0 aliphatic carbocycles. The van der Waals surface area contributed by atoms with Gasteiger partial charge in [-0.05, 0) is 12.1 Å². The summed E-state index contributed by atoms with van der Waals surface area (Å²) in [6.45, 7) is 0. The van der Waals surface area contributed by atoms with Gasteiger partial charge in [-0.1, -0.05) is 12.1 Å². The van der Waals surface area contributed by atoms with Crippen molar-refractivity contribution in [2.75, 3.05) is 19.0 Å². The van der Waals surface area contributed by atoms with Gasteiger partial charge in [0.2, 0.25) is 0 Å². The van der Waals surface area contributed by atoms with Crippen LogP contribution in [0.4, 0.5) is 5.69 Å². The van der Waals surface area contributed by atoms with E-state index in [4.69, 9.17) is 0 Å². The molecule has 0 radical (unpaired) electrons. The predicted octanol–water partition coefficient (Wildman–Crippen LogP) is -2.17. The molecule has 0 N–H and O–H groups in total. The van der Waals surface area contributed by atoms with Crippen molar-refractivity contribution < 1.29 is 56.5 Å². The summed E-state index contributed by atoms with van der Waals surface area (Å²) in [5, 5.41) is 10.8. The van der Waals surface area contributed by atoms with Crippen LogP contribution >= 0.6 is 0 Å². The van der Waals surface area contributed by atoms with E-state index in [-0.39, 0.29) is 57.1 Å². The van der Waals surface area contributed by atoms with E-state index < -0.39 is 0 Å². The minimum atomic E-state index is 0. The Morgan fingerprint density at radius 1 is 1.27 bits per heavy atom. The number of hydrogen-bond donors (Lipinski definition) is 0. The normalized spacial score (nSPS) is 8.55. The first-order valence-electron chi connectivity index (χ1n) is 3.14. The van der Waals surface area contributed by atoms with E-state index in [1.165, 1.54) is 0 Å². The van der Waals surface area contributed by atoms with Crippen LogP contribution in [0.5, 0.6) is 5.75 Å². The maximum absolute atomic E-state index is 10.8. The van der Waals surface area contributed by atoms with Crippen molar-refractivity contribution in [1.82, 2.24) is 0 Å². The van der Waals surface area contributed by atoms with Gasteiger partial charge in [0.15, 0.2) is 0 Å². The van der Waals surface area contributed by atoms with E-state index in [1.54, 1.807) is 18.2 Å². The fraction of sp³-hybridized carbons (Fsp3) is 0.250. The SMILES string of the molecule is CN(C)c1cccc([O-])c1.[K+]. The van der Waals surface area contributed by atoms with Gasteiger partial charge < -0.3 is 10.0 Å². The molecule has 0 unspecified atom stereocenters. The van der Waals surface area contributed by atoms with E-state index in [2.05, 4.69) is 0 Å². The van der Waals surface area contributed by atoms with Crippen LogP contribution in [-0.2, 0) is 0 Å². The second-order valence-corrected chi connectivity index (χ2v) is 2.39. The van der Waals surface area contributed by atoms with E-state index in [9.17, 15) is 5.11 Å². The monoisotopic (exact) mass is 175 g/mol. The first-order valence-corrected chi connectivity index (χ1v) is 3.14. The molecule has 1 aromatic rings. The number of hydrogen-bond acceptors (Lipinski definition) is 2. The number of nitrogens with zero attached hydrogens (tertiary/aromatic N) is 1. The van der Waals surface area contributed by atoms with Crippen molar-refractivity contribution >= 4 is 5.69 Å². The standard InChI is InChI=1S/C8H11NO.K/c1-9(2)7-4-3-5-8(10)6-7;/h3-6,10H,1-2H3;/q;+1/p-1. The summed E-state index contributed by atoms with van der Waals surface area (Å²) in [6.07, 6.45) is 0. The minimum Gasteiger partial charge on any atom is -0.872 e. The van der Waals surface area contributed by atoms with E-state index >= 15 is 0 Å². The van der Waals surface area contributed by atoms with Crippen LogP contribution in [0.25, 0.3) is 0 Å². The third-order valence-corrected chi connectivity index (χ3v) is 1.33. The molecule has 1 aromatic carbocycles. The third kappa shape index (κ3) is 3.58. The zero-order chi connectivity index (χ0) is 7.56. The van der Waals surface area contributed by atoms with Crippen molar-refractivity contribution in [3.8, 4) is 5.75 Å². The Hall–Kier alpha value is 0.456. The summed E-state index contributed by atoms with van der Waals surface area (Å²) in [5.74, 6) is 0.0613.